The Bertz CT molecular complexity index is 785. The van der Waals surface area contributed by atoms with Crippen LogP contribution in [0.5, 0.6) is 0 Å². The first-order chi connectivity index (χ1) is 11.8. The fourth-order valence-corrected chi connectivity index (χ4v) is 3.67. The van der Waals surface area contributed by atoms with Crippen molar-refractivity contribution in [1.82, 2.24) is 14.7 Å². The van der Waals surface area contributed by atoms with E-state index in [1.54, 1.807) is 12.1 Å². The summed E-state index contributed by atoms with van der Waals surface area (Å²) in [4.78, 5) is 15.4. The van der Waals surface area contributed by atoms with Gasteiger partial charge in [0, 0.05) is 32.4 Å². The number of nitrogens with zero attached hydrogens (tertiary/aromatic N) is 3. The van der Waals surface area contributed by atoms with Gasteiger partial charge in [0.2, 0.25) is 0 Å². The number of carbonyl (C=O) groups excluding carboxylic acids is 1. The van der Waals surface area contributed by atoms with Crippen molar-refractivity contribution in [3.63, 3.8) is 0 Å². The van der Waals surface area contributed by atoms with Crippen LogP contribution >= 0.6 is 11.3 Å². The number of carbonyl (C=O) groups is 1. The third-order valence-corrected chi connectivity index (χ3v) is 5.22. The van der Waals surface area contributed by atoms with E-state index >= 15 is 0 Å². The van der Waals surface area contributed by atoms with Gasteiger partial charge in [-0.15, -0.1) is 11.3 Å². The zero-order chi connectivity index (χ0) is 18.0. The SMILES string of the molecule is Cn1nc(-c2ccc(C(=O)C=CN3CCCCC3)s2)cc1C(F)(F)F. The summed E-state index contributed by atoms with van der Waals surface area (Å²) in [6.07, 6.45) is 2.36. The lowest BCUT2D eigenvalue weighted by Crippen LogP contribution is -2.24. The number of hydrogen-bond donors (Lipinski definition) is 0. The number of hydrogen-bond acceptors (Lipinski definition) is 4. The van der Waals surface area contributed by atoms with E-state index in [4.69, 9.17) is 0 Å². The molecule has 3 rings (SSSR count). The van der Waals surface area contributed by atoms with Gasteiger partial charge < -0.3 is 4.90 Å². The molecule has 0 spiro atoms. The van der Waals surface area contributed by atoms with Gasteiger partial charge in [-0.25, -0.2) is 0 Å². The lowest BCUT2D eigenvalue weighted by molar-refractivity contribution is -0.143. The second-order valence-corrected chi connectivity index (χ2v) is 7.06. The van der Waals surface area contributed by atoms with Gasteiger partial charge in [-0.2, -0.15) is 18.3 Å². The second-order valence-electron chi connectivity index (χ2n) is 5.98. The Morgan fingerprint density at radius 2 is 1.96 bits per heavy atom. The smallest absolute Gasteiger partial charge is 0.377 e. The molecule has 2 aromatic rings. The molecular formula is C17H18F3N3OS. The minimum absolute atomic E-state index is 0.145. The van der Waals surface area contributed by atoms with E-state index in [0.29, 0.717) is 9.75 Å². The quantitative estimate of drug-likeness (QED) is 0.594. The number of piperidine rings is 1. The van der Waals surface area contributed by atoms with Crippen LogP contribution in [-0.2, 0) is 13.2 Å². The number of likely N-dealkylation sites (tertiary alicyclic amines) is 1. The van der Waals surface area contributed by atoms with Crippen molar-refractivity contribution >= 4 is 17.1 Å². The van der Waals surface area contributed by atoms with Crippen LogP contribution in [0.25, 0.3) is 10.6 Å². The molecule has 0 radical (unpaired) electrons. The molecule has 25 heavy (non-hydrogen) atoms. The highest BCUT2D eigenvalue weighted by atomic mass is 32.1. The Morgan fingerprint density at radius 3 is 2.60 bits per heavy atom. The Labute approximate surface area is 147 Å². The maximum Gasteiger partial charge on any atom is 0.433 e. The number of thiophene rings is 1. The van der Waals surface area contributed by atoms with Crippen LogP contribution in [0.1, 0.15) is 34.6 Å². The standard InChI is InChI=1S/C17H18F3N3OS/c1-22-16(17(18,19)20)11-12(21-22)14-5-6-15(25-14)13(24)7-10-23-8-3-2-4-9-23/h5-7,10-11H,2-4,8-9H2,1H3. The lowest BCUT2D eigenvalue weighted by atomic mass is 10.1. The third-order valence-electron chi connectivity index (χ3n) is 4.10. The molecule has 1 fully saturated rings. The summed E-state index contributed by atoms with van der Waals surface area (Å²) in [6.45, 7) is 1.90. The molecule has 0 aliphatic carbocycles. The normalized spacial score (nSPS) is 15.9. The number of aromatic nitrogens is 2. The molecular weight excluding hydrogens is 351 g/mol. The van der Waals surface area contributed by atoms with Gasteiger partial charge in [0.25, 0.3) is 0 Å². The van der Waals surface area contributed by atoms with Crippen molar-refractivity contribution < 1.29 is 18.0 Å². The van der Waals surface area contributed by atoms with Crippen LogP contribution in [0.4, 0.5) is 13.2 Å². The second kappa shape index (κ2) is 7.03. The zero-order valence-corrected chi connectivity index (χ0v) is 14.5. The Morgan fingerprint density at radius 1 is 1.24 bits per heavy atom. The Hall–Kier alpha value is -2.09. The highest BCUT2D eigenvalue weighted by Crippen LogP contribution is 2.34. The van der Waals surface area contributed by atoms with Crippen molar-refractivity contribution in [2.45, 2.75) is 25.4 Å². The van der Waals surface area contributed by atoms with E-state index in [0.717, 1.165) is 48.0 Å². The van der Waals surface area contributed by atoms with Crippen LogP contribution in [0.3, 0.4) is 0 Å². The molecule has 0 unspecified atom stereocenters. The molecule has 8 heteroatoms. The van der Waals surface area contributed by atoms with Gasteiger partial charge in [-0.05, 0) is 37.5 Å². The van der Waals surface area contributed by atoms with Gasteiger partial charge >= 0.3 is 6.18 Å². The summed E-state index contributed by atoms with van der Waals surface area (Å²) in [5.74, 6) is -0.145. The maximum absolute atomic E-state index is 12.9. The summed E-state index contributed by atoms with van der Waals surface area (Å²) in [7, 11) is 1.26. The summed E-state index contributed by atoms with van der Waals surface area (Å²) in [5, 5.41) is 3.91. The van der Waals surface area contributed by atoms with Crippen molar-refractivity contribution in [1.29, 1.82) is 0 Å². The monoisotopic (exact) mass is 369 g/mol. The maximum atomic E-state index is 12.9. The zero-order valence-electron chi connectivity index (χ0n) is 13.7. The first-order valence-corrected chi connectivity index (χ1v) is 8.84. The molecule has 1 aliphatic heterocycles. The minimum atomic E-state index is -4.45. The van der Waals surface area contributed by atoms with Crippen LogP contribution < -0.4 is 0 Å². The van der Waals surface area contributed by atoms with Gasteiger partial charge in [0.1, 0.15) is 11.4 Å². The predicted molar refractivity (Wildman–Crippen MR) is 90.4 cm³/mol. The van der Waals surface area contributed by atoms with E-state index in [1.165, 1.54) is 19.5 Å². The average Bonchev–Trinajstić information content (AvgIpc) is 3.19. The Balaban J connectivity index is 1.74. The van der Waals surface area contributed by atoms with Gasteiger partial charge in [-0.1, -0.05) is 0 Å². The number of halogens is 3. The molecule has 0 bridgehead atoms. The highest BCUT2D eigenvalue weighted by molar-refractivity contribution is 7.17. The first-order valence-electron chi connectivity index (χ1n) is 8.02. The van der Waals surface area contributed by atoms with Gasteiger partial charge in [0.15, 0.2) is 5.78 Å². The van der Waals surface area contributed by atoms with E-state index in [1.807, 2.05) is 6.20 Å². The van der Waals surface area contributed by atoms with Crippen molar-refractivity contribution in [2.75, 3.05) is 13.1 Å². The molecule has 4 nitrogen and oxygen atoms in total. The molecule has 0 atom stereocenters. The highest BCUT2D eigenvalue weighted by Gasteiger charge is 2.35. The molecule has 0 saturated carbocycles. The topological polar surface area (TPSA) is 38.1 Å². The van der Waals surface area contributed by atoms with Crippen LogP contribution in [-0.4, -0.2) is 33.6 Å². The lowest BCUT2D eigenvalue weighted by Gasteiger charge is -2.24. The van der Waals surface area contributed by atoms with Gasteiger partial charge in [-0.3, -0.25) is 9.48 Å². The van der Waals surface area contributed by atoms with E-state index in [-0.39, 0.29) is 11.5 Å². The van der Waals surface area contributed by atoms with Crippen molar-refractivity contribution in [2.24, 2.45) is 7.05 Å². The van der Waals surface area contributed by atoms with Crippen LogP contribution in [0, 0.1) is 0 Å². The van der Waals surface area contributed by atoms with E-state index in [2.05, 4.69) is 10.00 Å². The largest absolute Gasteiger partial charge is 0.433 e. The predicted octanol–water partition coefficient (Wildman–Crippen LogP) is 4.35. The fraction of sp³-hybridized carbons (Fsp3) is 0.412. The molecule has 0 amide bonds. The molecule has 1 saturated heterocycles. The van der Waals surface area contributed by atoms with Crippen molar-refractivity contribution in [3.05, 3.63) is 41.0 Å². The summed E-state index contributed by atoms with van der Waals surface area (Å²) >= 11 is 1.15. The molecule has 0 aromatic carbocycles. The number of ketones is 1. The minimum Gasteiger partial charge on any atom is -0.377 e. The number of alkyl halides is 3. The molecule has 1 aliphatic rings. The Kier molecular flexibility index (Phi) is 4.99. The number of rotatable bonds is 4. The third kappa shape index (κ3) is 4.12. The van der Waals surface area contributed by atoms with E-state index in [9.17, 15) is 18.0 Å². The summed E-state index contributed by atoms with van der Waals surface area (Å²) < 4.78 is 39.4. The average molecular weight is 369 g/mol. The van der Waals surface area contributed by atoms with Gasteiger partial charge in [0.05, 0.1) is 9.75 Å². The molecule has 0 N–H and O–H groups in total. The molecule has 3 heterocycles. The van der Waals surface area contributed by atoms with Crippen LogP contribution in [0.15, 0.2) is 30.5 Å². The number of allylic oxidation sites excluding steroid dienone is 1. The van der Waals surface area contributed by atoms with Crippen LogP contribution in [0.2, 0.25) is 0 Å². The number of aryl methyl sites for hydroxylation is 1. The first kappa shape index (κ1) is 17.7. The van der Waals surface area contributed by atoms with Crippen molar-refractivity contribution in [3.8, 4) is 10.6 Å². The fourth-order valence-electron chi connectivity index (χ4n) is 2.78. The summed E-state index contributed by atoms with van der Waals surface area (Å²) in [5.41, 5.74) is -0.590. The molecule has 134 valence electrons. The molecule has 2 aromatic heterocycles. The van der Waals surface area contributed by atoms with E-state index < -0.39 is 11.9 Å². The summed E-state index contributed by atoms with van der Waals surface area (Å²) in [6, 6.07) is 4.27.